The highest BCUT2D eigenvalue weighted by Gasteiger charge is 2.24. The molecule has 4 nitrogen and oxygen atoms in total. The number of ether oxygens (including phenoxy) is 1. The van der Waals surface area contributed by atoms with Gasteiger partial charge in [-0.15, -0.1) is 11.3 Å². The third kappa shape index (κ3) is 3.29. The first-order valence-corrected chi connectivity index (χ1v) is 9.02. The quantitative estimate of drug-likeness (QED) is 0.897. The van der Waals surface area contributed by atoms with Crippen molar-refractivity contribution in [1.29, 1.82) is 5.26 Å². The molecule has 1 heterocycles. The van der Waals surface area contributed by atoms with Crippen LogP contribution in [0.25, 0.3) is 0 Å². The van der Waals surface area contributed by atoms with E-state index in [9.17, 15) is 10.1 Å². The van der Waals surface area contributed by atoms with Crippen LogP contribution >= 0.6 is 11.3 Å². The molecule has 1 unspecified atom stereocenters. The Morgan fingerprint density at radius 2 is 2.33 bits per heavy atom. The van der Waals surface area contributed by atoms with Crippen molar-refractivity contribution < 1.29 is 9.53 Å². The highest BCUT2D eigenvalue weighted by Crippen LogP contribution is 2.39. The highest BCUT2D eigenvalue weighted by atomic mass is 32.1. The molecule has 0 saturated carbocycles. The lowest BCUT2D eigenvalue weighted by molar-refractivity contribution is 0.102. The summed E-state index contributed by atoms with van der Waals surface area (Å²) in [6.07, 6.45) is 3.01. The molecule has 1 amide bonds. The minimum Gasteiger partial charge on any atom is -0.494 e. The summed E-state index contributed by atoms with van der Waals surface area (Å²) in [6, 6.07) is 9.37. The minimum atomic E-state index is -0.209. The summed E-state index contributed by atoms with van der Waals surface area (Å²) in [4.78, 5) is 13.8. The van der Waals surface area contributed by atoms with Gasteiger partial charge in [0, 0.05) is 10.4 Å². The summed E-state index contributed by atoms with van der Waals surface area (Å²) in [5.41, 5.74) is 2.29. The van der Waals surface area contributed by atoms with Gasteiger partial charge in [-0.3, -0.25) is 4.79 Å². The summed E-state index contributed by atoms with van der Waals surface area (Å²) in [5.74, 6) is 1.10. The van der Waals surface area contributed by atoms with E-state index in [1.165, 1.54) is 4.88 Å². The third-order valence-corrected chi connectivity index (χ3v) is 5.43. The fourth-order valence-corrected chi connectivity index (χ4v) is 4.38. The maximum Gasteiger partial charge on any atom is 0.256 e. The van der Waals surface area contributed by atoms with Crippen LogP contribution in [0.5, 0.6) is 5.75 Å². The van der Waals surface area contributed by atoms with E-state index in [4.69, 9.17) is 4.74 Å². The fraction of sp³-hybridized carbons (Fsp3) is 0.368. The lowest BCUT2D eigenvalue weighted by atomic mass is 9.88. The molecule has 24 heavy (non-hydrogen) atoms. The number of benzene rings is 1. The van der Waals surface area contributed by atoms with Crippen molar-refractivity contribution in [3.63, 3.8) is 0 Å². The van der Waals surface area contributed by atoms with Gasteiger partial charge in [0.15, 0.2) is 0 Å². The Kier molecular flexibility index (Phi) is 4.86. The van der Waals surface area contributed by atoms with Gasteiger partial charge in [-0.25, -0.2) is 0 Å². The average Bonchev–Trinajstić information content (AvgIpc) is 2.91. The number of hydrogen-bond donors (Lipinski definition) is 1. The first-order valence-electron chi connectivity index (χ1n) is 8.21. The molecule has 0 fully saturated rings. The van der Waals surface area contributed by atoms with E-state index in [0.717, 1.165) is 24.8 Å². The van der Waals surface area contributed by atoms with Crippen molar-refractivity contribution in [3.05, 3.63) is 45.8 Å². The van der Waals surface area contributed by atoms with E-state index in [1.54, 1.807) is 29.5 Å². The zero-order chi connectivity index (χ0) is 17.1. The Bertz CT molecular complexity index is 804. The van der Waals surface area contributed by atoms with E-state index in [1.807, 2.05) is 13.0 Å². The first-order chi connectivity index (χ1) is 11.6. The second-order valence-electron chi connectivity index (χ2n) is 6.08. The van der Waals surface area contributed by atoms with Crippen LogP contribution in [0.3, 0.4) is 0 Å². The molecule has 1 aromatic heterocycles. The predicted octanol–water partition coefficient (Wildman–Crippen LogP) is 4.40. The van der Waals surface area contributed by atoms with E-state index in [2.05, 4.69) is 18.3 Å². The smallest absolute Gasteiger partial charge is 0.256 e. The molecule has 5 heteroatoms. The number of nitrogens with one attached hydrogen (secondary N) is 1. The van der Waals surface area contributed by atoms with E-state index >= 15 is 0 Å². The van der Waals surface area contributed by atoms with Crippen LogP contribution in [0.15, 0.2) is 24.3 Å². The monoisotopic (exact) mass is 340 g/mol. The Morgan fingerprint density at radius 3 is 3.08 bits per heavy atom. The fourth-order valence-electron chi connectivity index (χ4n) is 3.03. The highest BCUT2D eigenvalue weighted by molar-refractivity contribution is 7.16. The zero-order valence-electron chi connectivity index (χ0n) is 13.9. The topological polar surface area (TPSA) is 62.1 Å². The SMILES string of the molecule is CCOc1cccc(C(=O)Nc2sc3c(c2C#N)CCC(C)C3)c1. The molecule has 1 atom stereocenters. The van der Waals surface area contributed by atoms with E-state index in [-0.39, 0.29) is 5.91 Å². The molecular weight excluding hydrogens is 320 g/mol. The van der Waals surface area contributed by atoms with Crippen LogP contribution in [0.4, 0.5) is 5.00 Å². The van der Waals surface area contributed by atoms with Crippen molar-refractivity contribution in [2.45, 2.75) is 33.1 Å². The maximum atomic E-state index is 12.5. The van der Waals surface area contributed by atoms with Gasteiger partial charge < -0.3 is 10.1 Å². The van der Waals surface area contributed by atoms with Crippen LogP contribution in [0, 0.1) is 17.2 Å². The summed E-state index contributed by atoms with van der Waals surface area (Å²) in [6.45, 7) is 4.69. The molecule has 124 valence electrons. The molecule has 0 spiro atoms. The molecule has 1 aliphatic rings. The number of anilines is 1. The Morgan fingerprint density at radius 1 is 1.50 bits per heavy atom. The summed E-state index contributed by atoms with van der Waals surface area (Å²) < 4.78 is 5.44. The number of rotatable bonds is 4. The van der Waals surface area contributed by atoms with Crippen LogP contribution < -0.4 is 10.1 Å². The van der Waals surface area contributed by atoms with Crippen LogP contribution in [0.2, 0.25) is 0 Å². The second kappa shape index (κ2) is 7.06. The minimum absolute atomic E-state index is 0.209. The number of thiophene rings is 1. The molecule has 3 rings (SSSR count). The molecule has 1 aliphatic carbocycles. The molecule has 0 bridgehead atoms. The first kappa shape index (κ1) is 16.5. The predicted molar refractivity (Wildman–Crippen MR) is 95.8 cm³/mol. The van der Waals surface area contributed by atoms with Gasteiger partial charge in [-0.2, -0.15) is 5.26 Å². The standard InChI is InChI=1S/C19H20N2O2S/c1-3-23-14-6-4-5-13(10-14)18(22)21-19-16(11-20)15-8-7-12(2)9-17(15)24-19/h4-6,10,12H,3,7-9H2,1-2H3,(H,21,22). The summed E-state index contributed by atoms with van der Waals surface area (Å²) in [7, 11) is 0. The van der Waals surface area contributed by atoms with Crippen molar-refractivity contribution >= 4 is 22.2 Å². The number of nitriles is 1. The molecule has 2 aromatic rings. The average molecular weight is 340 g/mol. The van der Waals surface area contributed by atoms with Gasteiger partial charge in [-0.1, -0.05) is 13.0 Å². The van der Waals surface area contributed by atoms with E-state index in [0.29, 0.717) is 34.4 Å². The Balaban J connectivity index is 1.85. The maximum absolute atomic E-state index is 12.5. The van der Waals surface area contributed by atoms with Gasteiger partial charge in [0.05, 0.1) is 12.2 Å². The molecule has 1 N–H and O–H groups in total. The number of nitrogens with zero attached hydrogens (tertiary/aromatic N) is 1. The lowest BCUT2D eigenvalue weighted by Crippen LogP contribution is -2.12. The largest absolute Gasteiger partial charge is 0.494 e. The number of hydrogen-bond acceptors (Lipinski definition) is 4. The van der Waals surface area contributed by atoms with Gasteiger partial charge in [0.2, 0.25) is 0 Å². The van der Waals surface area contributed by atoms with Gasteiger partial charge in [0.1, 0.15) is 16.8 Å². The summed E-state index contributed by atoms with van der Waals surface area (Å²) in [5, 5.41) is 13.1. The van der Waals surface area contributed by atoms with Crippen molar-refractivity contribution in [2.75, 3.05) is 11.9 Å². The van der Waals surface area contributed by atoms with Gasteiger partial charge >= 0.3 is 0 Å². The number of amides is 1. The van der Waals surface area contributed by atoms with Gasteiger partial charge in [0.25, 0.3) is 5.91 Å². The normalized spacial score (nSPS) is 16.1. The number of carbonyl (C=O) groups is 1. The number of carbonyl (C=O) groups excluding carboxylic acids is 1. The van der Waals surface area contributed by atoms with Crippen LogP contribution in [-0.4, -0.2) is 12.5 Å². The molecule has 0 saturated heterocycles. The lowest BCUT2D eigenvalue weighted by Gasteiger charge is -2.17. The van der Waals surface area contributed by atoms with Crippen molar-refractivity contribution in [2.24, 2.45) is 5.92 Å². The van der Waals surface area contributed by atoms with Crippen LogP contribution in [0.1, 0.15) is 46.6 Å². The molecular formula is C19H20N2O2S. The zero-order valence-corrected chi connectivity index (χ0v) is 14.7. The van der Waals surface area contributed by atoms with Crippen LogP contribution in [-0.2, 0) is 12.8 Å². The Hall–Kier alpha value is -2.32. The van der Waals surface area contributed by atoms with Crippen molar-refractivity contribution in [1.82, 2.24) is 0 Å². The molecule has 1 aromatic carbocycles. The van der Waals surface area contributed by atoms with Gasteiger partial charge in [-0.05, 0) is 55.9 Å². The Labute approximate surface area is 146 Å². The summed E-state index contributed by atoms with van der Waals surface area (Å²) >= 11 is 1.54. The van der Waals surface area contributed by atoms with E-state index < -0.39 is 0 Å². The second-order valence-corrected chi connectivity index (χ2v) is 7.19. The third-order valence-electron chi connectivity index (χ3n) is 4.26. The van der Waals surface area contributed by atoms with Crippen molar-refractivity contribution in [3.8, 4) is 11.8 Å². The molecule has 0 radical (unpaired) electrons. The molecule has 0 aliphatic heterocycles. The number of fused-ring (bicyclic) bond motifs is 1.